The number of benzene rings is 2. The summed E-state index contributed by atoms with van der Waals surface area (Å²) in [5, 5.41) is 0. The number of Topliss-reactive ketones (excluding diaryl/α,β-unsaturated/α-hetero) is 1. The number of hydrogen-bond donors (Lipinski definition) is 0. The third kappa shape index (κ3) is 3.81. The van der Waals surface area contributed by atoms with Crippen LogP contribution in [0, 0.1) is 12.7 Å². The van der Waals surface area contributed by atoms with Crippen LogP contribution < -0.4 is 0 Å². The molecule has 0 fully saturated rings. The van der Waals surface area contributed by atoms with Gasteiger partial charge < -0.3 is 0 Å². The molecule has 116 valence electrons. The second kappa shape index (κ2) is 6.30. The summed E-state index contributed by atoms with van der Waals surface area (Å²) in [6.07, 6.45) is 0.961. The van der Waals surface area contributed by atoms with Gasteiger partial charge in [0.25, 0.3) is 0 Å². The van der Waals surface area contributed by atoms with Crippen LogP contribution in [-0.4, -0.2) is 20.5 Å². The first-order valence-corrected chi connectivity index (χ1v) is 9.15. The van der Waals surface area contributed by atoms with E-state index in [1.807, 2.05) is 6.92 Å². The number of carbonyl (C=O) groups is 1. The van der Waals surface area contributed by atoms with E-state index in [0.29, 0.717) is 11.1 Å². The molecule has 6 heteroatoms. The summed E-state index contributed by atoms with van der Waals surface area (Å²) < 4.78 is 37.5. The van der Waals surface area contributed by atoms with Gasteiger partial charge in [-0.3, -0.25) is 4.79 Å². The highest BCUT2D eigenvalue weighted by atomic mass is 79.9. The highest BCUT2D eigenvalue weighted by molar-refractivity contribution is 9.10. The molecule has 0 unspecified atom stereocenters. The van der Waals surface area contributed by atoms with E-state index in [1.165, 1.54) is 12.1 Å². The van der Waals surface area contributed by atoms with Crippen molar-refractivity contribution in [3.8, 4) is 0 Å². The number of rotatable bonds is 4. The van der Waals surface area contributed by atoms with Crippen LogP contribution in [0.5, 0.6) is 0 Å². The van der Waals surface area contributed by atoms with E-state index in [4.69, 9.17) is 0 Å². The van der Waals surface area contributed by atoms with E-state index in [1.54, 1.807) is 18.2 Å². The summed E-state index contributed by atoms with van der Waals surface area (Å²) in [7, 11) is -3.61. The van der Waals surface area contributed by atoms with Gasteiger partial charge >= 0.3 is 0 Å². The molecule has 0 aliphatic heterocycles. The summed E-state index contributed by atoms with van der Waals surface area (Å²) in [4.78, 5) is 11.9. The van der Waals surface area contributed by atoms with Crippen LogP contribution in [0.1, 0.15) is 21.5 Å². The lowest BCUT2D eigenvalue weighted by molar-refractivity contribution is 0.0993. The Balaban J connectivity index is 2.25. The van der Waals surface area contributed by atoms with Crippen LogP contribution in [0.2, 0.25) is 0 Å². The van der Waals surface area contributed by atoms with Crippen molar-refractivity contribution in [2.75, 3.05) is 6.26 Å². The standard InChI is InChI=1S/C16H14BrFO3S/c1-10-7-12(4-5-13(10)17)15(19)9-11-3-6-16(14(18)8-11)22(2,20)21/h3-8H,9H2,1-2H3. The van der Waals surface area contributed by atoms with Crippen molar-refractivity contribution < 1.29 is 17.6 Å². The summed E-state index contributed by atoms with van der Waals surface area (Å²) in [6, 6.07) is 8.99. The van der Waals surface area contributed by atoms with Gasteiger partial charge in [-0.25, -0.2) is 12.8 Å². The molecule has 0 radical (unpaired) electrons. The SMILES string of the molecule is Cc1cc(C(=O)Cc2ccc(S(C)(=O)=O)c(F)c2)ccc1Br. The molecular formula is C16H14BrFO3S. The monoisotopic (exact) mass is 384 g/mol. The molecule has 0 aliphatic rings. The van der Waals surface area contributed by atoms with Crippen molar-refractivity contribution in [1.29, 1.82) is 0 Å². The smallest absolute Gasteiger partial charge is 0.178 e. The molecule has 22 heavy (non-hydrogen) atoms. The topological polar surface area (TPSA) is 51.2 Å². The van der Waals surface area contributed by atoms with Crippen molar-refractivity contribution in [2.45, 2.75) is 18.2 Å². The van der Waals surface area contributed by atoms with E-state index < -0.39 is 15.7 Å². The van der Waals surface area contributed by atoms with Gasteiger partial charge in [0.05, 0.1) is 0 Å². The van der Waals surface area contributed by atoms with Crippen LogP contribution in [0.3, 0.4) is 0 Å². The zero-order valence-electron chi connectivity index (χ0n) is 12.1. The van der Waals surface area contributed by atoms with Crippen molar-refractivity contribution in [3.05, 3.63) is 63.4 Å². The zero-order chi connectivity index (χ0) is 16.5. The van der Waals surface area contributed by atoms with Crippen LogP contribution in [0.15, 0.2) is 45.8 Å². The first-order valence-electron chi connectivity index (χ1n) is 6.46. The molecule has 0 bridgehead atoms. The quantitative estimate of drug-likeness (QED) is 0.754. The first kappa shape index (κ1) is 16.8. The van der Waals surface area contributed by atoms with Crippen molar-refractivity contribution in [3.63, 3.8) is 0 Å². The molecule has 0 saturated heterocycles. The van der Waals surface area contributed by atoms with Gasteiger partial charge in [0.1, 0.15) is 10.7 Å². The summed E-state index contributed by atoms with van der Waals surface area (Å²) in [6.45, 7) is 1.88. The summed E-state index contributed by atoms with van der Waals surface area (Å²) in [5.74, 6) is -0.984. The molecule has 2 aromatic carbocycles. The number of carbonyl (C=O) groups excluding carboxylic acids is 1. The minimum atomic E-state index is -3.61. The number of sulfone groups is 1. The van der Waals surface area contributed by atoms with Gasteiger partial charge in [0, 0.05) is 22.7 Å². The molecule has 3 nitrogen and oxygen atoms in total. The number of halogens is 2. The average Bonchev–Trinajstić information content (AvgIpc) is 2.40. The van der Waals surface area contributed by atoms with Crippen LogP contribution >= 0.6 is 15.9 Å². The maximum atomic E-state index is 13.8. The maximum Gasteiger partial charge on any atom is 0.178 e. The van der Waals surface area contributed by atoms with E-state index >= 15 is 0 Å². The molecule has 0 amide bonds. The Kier molecular flexibility index (Phi) is 4.82. The fourth-order valence-corrected chi connectivity index (χ4v) is 3.04. The normalized spacial score (nSPS) is 11.5. The Morgan fingerprint density at radius 1 is 1.18 bits per heavy atom. The lowest BCUT2D eigenvalue weighted by Gasteiger charge is -2.06. The molecule has 2 aromatic rings. The molecule has 0 atom stereocenters. The van der Waals surface area contributed by atoms with Gasteiger partial charge in [-0.05, 0) is 42.3 Å². The fraction of sp³-hybridized carbons (Fsp3) is 0.188. The van der Waals surface area contributed by atoms with Crippen molar-refractivity contribution in [1.82, 2.24) is 0 Å². The van der Waals surface area contributed by atoms with Crippen LogP contribution in [0.25, 0.3) is 0 Å². The van der Waals surface area contributed by atoms with Crippen LogP contribution in [-0.2, 0) is 16.3 Å². The second-order valence-corrected chi connectivity index (χ2v) is 7.94. The number of aryl methyl sites for hydroxylation is 1. The zero-order valence-corrected chi connectivity index (χ0v) is 14.5. The fourth-order valence-electron chi connectivity index (χ4n) is 2.06. The Morgan fingerprint density at radius 2 is 1.86 bits per heavy atom. The predicted octanol–water partition coefficient (Wildman–Crippen LogP) is 3.73. The third-order valence-corrected chi connectivity index (χ3v) is 5.26. The van der Waals surface area contributed by atoms with Gasteiger partial charge in [-0.2, -0.15) is 0 Å². The molecule has 0 heterocycles. The van der Waals surface area contributed by atoms with Gasteiger partial charge in [-0.1, -0.05) is 28.1 Å². The molecule has 2 rings (SSSR count). The Labute approximate surface area is 137 Å². The highest BCUT2D eigenvalue weighted by Crippen LogP contribution is 2.20. The van der Waals surface area contributed by atoms with Crippen LogP contribution in [0.4, 0.5) is 4.39 Å². The molecule has 0 N–H and O–H groups in total. The number of hydrogen-bond acceptors (Lipinski definition) is 3. The third-order valence-electron chi connectivity index (χ3n) is 3.24. The van der Waals surface area contributed by atoms with E-state index in [-0.39, 0.29) is 17.1 Å². The molecule has 0 aromatic heterocycles. The highest BCUT2D eigenvalue weighted by Gasteiger charge is 2.15. The van der Waals surface area contributed by atoms with Crippen molar-refractivity contribution in [2.24, 2.45) is 0 Å². The van der Waals surface area contributed by atoms with Gasteiger partial charge in [-0.15, -0.1) is 0 Å². The molecule has 0 aliphatic carbocycles. The second-order valence-electron chi connectivity index (χ2n) is 5.10. The summed E-state index contributed by atoms with van der Waals surface area (Å²) in [5.41, 5.74) is 1.91. The van der Waals surface area contributed by atoms with E-state index in [9.17, 15) is 17.6 Å². The Bertz CT molecular complexity index is 844. The molecule has 0 spiro atoms. The largest absolute Gasteiger partial charge is 0.294 e. The lowest BCUT2D eigenvalue weighted by atomic mass is 10.0. The van der Waals surface area contributed by atoms with Gasteiger partial charge in [0.15, 0.2) is 15.6 Å². The minimum absolute atomic E-state index is 0.0159. The molecular weight excluding hydrogens is 371 g/mol. The number of ketones is 1. The minimum Gasteiger partial charge on any atom is -0.294 e. The van der Waals surface area contributed by atoms with E-state index in [2.05, 4.69) is 15.9 Å². The lowest BCUT2D eigenvalue weighted by Crippen LogP contribution is -2.06. The molecule has 0 saturated carbocycles. The average molecular weight is 385 g/mol. The van der Waals surface area contributed by atoms with E-state index in [0.717, 1.165) is 22.4 Å². The Hall–Kier alpha value is -1.53. The first-order chi connectivity index (χ1) is 10.2. The van der Waals surface area contributed by atoms with Gasteiger partial charge in [0.2, 0.25) is 0 Å². The predicted molar refractivity (Wildman–Crippen MR) is 86.4 cm³/mol. The maximum absolute atomic E-state index is 13.8. The Morgan fingerprint density at radius 3 is 2.41 bits per heavy atom. The van der Waals surface area contributed by atoms with Crippen molar-refractivity contribution >= 4 is 31.6 Å². The summed E-state index contributed by atoms with van der Waals surface area (Å²) >= 11 is 3.36.